The van der Waals surface area contributed by atoms with Crippen molar-refractivity contribution in [1.82, 2.24) is 20.1 Å². The maximum atomic E-state index is 12.1. The van der Waals surface area contributed by atoms with E-state index in [4.69, 9.17) is 0 Å². The van der Waals surface area contributed by atoms with Crippen LogP contribution in [0.4, 0.5) is 0 Å². The second-order valence-electron chi connectivity index (χ2n) is 6.19. The van der Waals surface area contributed by atoms with Crippen molar-refractivity contribution in [3.05, 3.63) is 69.7 Å². The molecule has 0 fully saturated rings. The monoisotopic (exact) mass is 398 g/mol. The summed E-state index contributed by atoms with van der Waals surface area (Å²) in [6, 6.07) is 12.0. The lowest BCUT2D eigenvalue weighted by atomic mass is 10.1. The molecule has 0 aliphatic heterocycles. The Morgan fingerprint density at radius 3 is 2.85 bits per heavy atom. The van der Waals surface area contributed by atoms with Gasteiger partial charge in [0.05, 0.1) is 6.04 Å². The number of carbonyl (C=O) groups excluding carboxylic acids is 1. The third kappa shape index (κ3) is 5.08. The van der Waals surface area contributed by atoms with Crippen LogP contribution in [0, 0.1) is 6.92 Å². The van der Waals surface area contributed by atoms with E-state index in [1.54, 1.807) is 29.2 Å². The van der Waals surface area contributed by atoms with Crippen molar-refractivity contribution in [1.29, 1.82) is 0 Å². The van der Waals surface area contributed by atoms with Crippen LogP contribution in [0.15, 0.2) is 53.0 Å². The molecule has 0 saturated carbocycles. The first-order valence-corrected chi connectivity index (χ1v) is 10.5. The third-order valence-electron chi connectivity index (χ3n) is 4.17. The van der Waals surface area contributed by atoms with Gasteiger partial charge in [-0.05, 0) is 42.5 Å². The minimum Gasteiger partial charge on any atom is -0.343 e. The van der Waals surface area contributed by atoms with E-state index in [2.05, 4.69) is 34.6 Å². The molecule has 5 nitrogen and oxygen atoms in total. The topological polar surface area (TPSA) is 59.8 Å². The molecule has 1 amide bonds. The lowest BCUT2D eigenvalue weighted by molar-refractivity contribution is -0.117. The van der Waals surface area contributed by atoms with Crippen molar-refractivity contribution >= 4 is 35.1 Å². The normalized spacial score (nSPS) is 12.4. The van der Waals surface area contributed by atoms with E-state index in [1.807, 2.05) is 54.3 Å². The fraction of sp³-hybridized carbons (Fsp3) is 0.250. The highest BCUT2D eigenvalue weighted by atomic mass is 32.2. The summed E-state index contributed by atoms with van der Waals surface area (Å²) in [4.78, 5) is 13.2. The predicted octanol–water partition coefficient (Wildman–Crippen LogP) is 4.37. The van der Waals surface area contributed by atoms with Crippen molar-refractivity contribution in [2.75, 3.05) is 0 Å². The molecule has 1 N–H and O–H groups in total. The van der Waals surface area contributed by atoms with E-state index in [-0.39, 0.29) is 11.9 Å². The molecule has 1 aromatic carbocycles. The second-order valence-corrected chi connectivity index (χ2v) is 8.12. The molecular formula is C20H22N4OS2. The number of nitrogens with zero attached hydrogens (tertiary/aromatic N) is 3. The number of thioether (sulfide) groups is 1. The molecule has 27 heavy (non-hydrogen) atoms. The molecule has 3 rings (SSSR count). The zero-order valence-corrected chi connectivity index (χ0v) is 17.2. The number of benzene rings is 1. The van der Waals surface area contributed by atoms with E-state index < -0.39 is 0 Å². The first kappa shape index (κ1) is 19.4. The lowest BCUT2D eigenvalue weighted by Gasteiger charge is -2.12. The zero-order valence-electron chi connectivity index (χ0n) is 15.5. The number of rotatable bonds is 7. The molecule has 2 heterocycles. The lowest BCUT2D eigenvalue weighted by Crippen LogP contribution is -2.26. The summed E-state index contributed by atoms with van der Waals surface area (Å²) in [6.07, 6.45) is 3.36. The Bertz CT molecular complexity index is 931. The number of thiophene rings is 1. The molecule has 0 aliphatic rings. The maximum absolute atomic E-state index is 12.1. The molecule has 1 unspecified atom stereocenters. The summed E-state index contributed by atoms with van der Waals surface area (Å²) in [5.74, 6) is 1.43. The van der Waals surface area contributed by atoms with Gasteiger partial charge in [-0.1, -0.05) is 42.1 Å². The number of nitrogens with one attached hydrogen (secondary N) is 1. The molecule has 0 spiro atoms. The van der Waals surface area contributed by atoms with Gasteiger partial charge in [-0.3, -0.25) is 4.79 Å². The van der Waals surface area contributed by atoms with Crippen molar-refractivity contribution in [2.24, 2.45) is 7.05 Å². The molecule has 7 heteroatoms. The average molecular weight is 399 g/mol. The Kier molecular flexibility index (Phi) is 6.47. The van der Waals surface area contributed by atoms with Crippen LogP contribution < -0.4 is 5.32 Å². The summed E-state index contributed by atoms with van der Waals surface area (Å²) >= 11 is 3.24. The Morgan fingerprint density at radius 1 is 1.30 bits per heavy atom. The number of hydrogen-bond donors (Lipinski definition) is 1. The van der Waals surface area contributed by atoms with Gasteiger partial charge in [0, 0.05) is 23.8 Å². The number of amides is 1. The van der Waals surface area contributed by atoms with E-state index >= 15 is 0 Å². The van der Waals surface area contributed by atoms with Crippen LogP contribution in [0.3, 0.4) is 0 Å². The number of aryl methyl sites for hydroxylation is 1. The summed E-state index contributed by atoms with van der Waals surface area (Å²) in [7, 11) is 1.93. The van der Waals surface area contributed by atoms with Crippen LogP contribution in [-0.2, 0) is 17.6 Å². The molecule has 140 valence electrons. The summed E-state index contributed by atoms with van der Waals surface area (Å²) in [5, 5.41) is 14.3. The zero-order chi connectivity index (χ0) is 19.2. The minimum atomic E-state index is -0.226. The fourth-order valence-corrected chi connectivity index (χ4v) is 4.23. The summed E-state index contributed by atoms with van der Waals surface area (Å²) < 4.78 is 1.94. The van der Waals surface area contributed by atoms with Crippen LogP contribution >= 0.6 is 23.1 Å². The quantitative estimate of drug-likeness (QED) is 0.474. The molecule has 0 bridgehead atoms. The van der Waals surface area contributed by atoms with Gasteiger partial charge in [-0.25, -0.2) is 0 Å². The maximum Gasteiger partial charge on any atom is 0.244 e. The Labute approximate surface area is 167 Å². The van der Waals surface area contributed by atoms with Crippen LogP contribution in [0.25, 0.3) is 6.08 Å². The first-order chi connectivity index (χ1) is 13.0. The number of aromatic nitrogens is 3. The van der Waals surface area contributed by atoms with Gasteiger partial charge < -0.3 is 9.88 Å². The standard InChI is InChI=1S/C20H22N4OS2/c1-14-7-4-5-8-16(14)13-27-20-23-22-19(24(20)3)15(2)21-18(25)11-10-17-9-6-12-26-17/h4-12,15H,13H2,1-3H3,(H,21,25)/b11-10+. The van der Waals surface area contributed by atoms with Crippen LogP contribution in [-0.4, -0.2) is 20.7 Å². The van der Waals surface area contributed by atoms with Crippen molar-refractivity contribution in [2.45, 2.75) is 30.8 Å². The van der Waals surface area contributed by atoms with E-state index in [9.17, 15) is 4.79 Å². The van der Waals surface area contributed by atoms with Crippen LogP contribution in [0.2, 0.25) is 0 Å². The molecular weight excluding hydrogens is 376 g/mol. The van der Waals surface area contributed by atoms with Crippen molar-refractivity contribution < 1.29 is 4.79 Å². The number of hydrogen-bond acceptors (Lipinski definition) is 5. The molecule has 1 atom stereocenters. The van der Waals surface area contributed by atoms with Gasteiger partial charge in [0.1, 0.15) is 0 Å². The number of carbonyl (C=O) groups is 1. The van der Waals surface area contributed by atoms with Crippen LogP contribution in [0.1, 0.15) is 34.8 Å². The smallest absolute Gasteiger partial charge is 0.244 e. The van der Waals surface area contributed by atoms with Gasteiger partial charge in [0.2, 0.25) is 5.91 Å². The Morgan fingerprint density at radius 2 is 2.11 bits per heavy atom. The van der Waals surface area contributed by atoms with E-state index in [1.165, 1.54) is 11.1 Å². The average Bonchev–Trinajstić information content (AvgIpc) is 3.29. The van der Waals surface area contributed by atoms with Crippen LogP contribution in [0.5, 0.6) is 0 Å². The minimum absolute atomic E-state index is 0.145. The van der Waals surface area contributed by atoms with Gasteiger partial charge in [-0.2, -0.15) is 0 Å². The molecule has 0 radical (unpaired) electrons. The van der Waals surface area contributed by atoms with Crippen molar-refractivity contribution in [3.63, 3.8) is 0 Å². The molecule has 0 aliphatic carbocycles. The Balaban J connectivity index is 1.60. The first-order valence-electron chi connectivity index (χ1n) is 8.63. The largest absolute Gasteiger partial charge is 0.343 e. The van der Waals surface area contributed by atoms with Gasteiger partial charge in [-0.15, -0.1) is 21.5 Å². The van der Waals surface area contributed by atoms with E-state index in [0.29, 0.717) is 0 Å². The highest BCUT2D eigenvalue weighted by Gasteiger charge is 2.17. The molecule has 0 saturated heterocycles. The fourth-order valence-electron chi connectivity index (χ4n) is 2.61. The summed E-state index contributed by atoms with van der Waals surface area (Å²) in [5.41, 5.74) is 2.55. The highest BCUT2D eigenvalue weighted by molar-refractivity contribution is 7.98. The third-order valence-corrected chi connectivity index (χ3v) is 6.08. The molecule has 3 aromatic rings. The predicted molar refractivity (Wildman–Crippen MR) is 112 cm³/mol. The Hall–Kier alpha value is -2.38. The van der Waals surface area contributed by atoms with Gasteiger partial charge in [0.15, 0.2) is 11.0 Å². The SMILES string of the molecule is Cc1ccccc1CSc1nnc(C(C)NC(=O)/C=C/c2cccs2)n1C. The van der Waals surface area contributed by atoms with E-state index in [0.717, 1.165) is 21.6 Å². The highest BCUT2D eigenvalue weighted by Crippen LogP contribution is 2.24. The van der Waals surface area contributed by atoms with Gasteiger partial charge in [0.25, 0.3) is 0 Å². The second kappa shape index (κ2) is 9.01. The summed E-state index contributed by atoms with van der Waals surface area (Å²) in [6.45, 7) is 4.02. The molecule has 2 aromatic heterocycles. The van der Waals surface area contributed by atoms with Crippen molar-refractivity contribution in [3.8, 4) is 0 Å². The van der Waals surface area contributed by atoms with Gasteiger partial charge >= 0.3 is 0 Å².